The van der Waals surface area contributed by atoms with E-state index in [1.54, 1.807) is 36.0 Å². The Morgan fingerprint density at radius 1 is 1.12 bits per heavy atom. The summed E-state index contributed by atoms with van der Waals surface area (Å²) in [5.74, 6) is 0.765. The molecule has 0 heterocycles. The molecule has 0 saturated heterocycles. The van der Waals surface area contributed by atoms with Crippen molar-refractivity contribution in [2.45, 2.75) is 23.8 Å². The van der Waals surface area contributed by atoms with Crippen LogP contribution in [0.5, 0.6) is 0 Å². The molecule has 2 rings (SSSR count). The Morgan fingerprint density at radius 2 is 1.80 bits per heavy atom. The maximum Gasteiger partial charge on any atom is 0.488 e. The van der Waals surface area contributed by atoms with Gasteiger partial charge in [-0.3, -0.25) is 4.79 Å². The van der Waals surface area contributed by atoms with Gasteiger partial charge in [0.25, 0.3) is 0 Å². The van der Waals surface area contributed by atoms with Gasteiger partial charge in [-0.05, 0) is 41.8 Å². The predicted octanol–water partition coefficient (Wildman–Crippen LogP) is 0.535. The van der Waals surface area contributed by atoms with Crippen molar-refractivity contribution in [3.63, 3.8) is 0 Å². The number of hydrogen-bond acceptors (Lipinski definition) is 5. The van der Waals surface area contributed by atoms with E-state index in [0.717, 1.165) is 17.7 Å². The van der Waals surface area contributed by atoms with E-state index in [2.05, 4.69) is 17.4 Å². The van der Waals surface area contributed by atoms with Gasteiger partial charge in [0.2, 0.25) is 5.91 Å². The number of nitrogens with two attached hydrogens (primary N) is 1. The molecule has 0 aromatic heterocycles. The molecule has 7 heteroatoms. The van der Waals surface area contributed by atoms with Crippen LogP contribution in [-0.2, 0) is 11.2 Å². The van der Waals surface area contributed by atoms with Crippen molar-refractivity contribution in [1.82, 2.24) is 5.32 Å². The average molecular weight is 358 g/mol. The highest BCUT2D eigenvalue weighted by Gasteiger charge is 2.15. The van der Waals surface area contributed by atoms with E-state index in [1.807, 2.05) is 18.2 Å². The number of hydrogen-bond donors (Lipinski definition) is 4. The van der Waals surface area contributed by atoms with Crippen LogP contribution in [0.4, 0.5) is 0 Å². The number of amides is 1. The third-order valence-corrected chi connectivity index (χ3v) is 4.80. The fraction of sp³-hybridized carbons (Fsp3) is 0.278. The van der Waals surface area contributed by atoms with Crippen LogP contribution in [0.2, 0.25) is 0 Å². The summed E-state index contributed by atoms with van der Waals surface area (Å²) in [7, 11) is -1.49. The van der Waals surface area contributed by atoms with Gasteiger partial charge in [-0.25, -0.2) is 0 Å². The van der Waals surface area contributed by atoms with Crippen LogP contribution in [0.15, 0.2) is 59.5 Å². The molecule has 0 fully saturated rings. The molecular weight excluding hydrogens is 335 g/mol. The zero-order valence-corrected chi connectivity index (χ0v) is 14.8. The second-order valence-electron chi connectivity index (χ2n) is 5.73. The van der Waals surface area contributed by atoms with Crippen molar-refractivity contribution in [2.75, 3.05) is 12.3 Å². The summed E-state index contributed by atoms with van der Waals surface area (Å²) < 4.78 is 0. The Labute approximate surface area is 152 Å². The van der Waals surface area contributed by atoms with Gasteiger partial charge in [-0.1, -0.05) is 42.5 Å². The third kappa shape index (κ3) is 6.92. The van der Waals surface area contributed by atoms with Gasteiger partial charge in [0.05, 0.1) is 6.04 Å². The Hall–Kier alpha value is -1.80. The first-order chi connectivity index (χ1) is 12.1. The number of nitrogens with one attached hydrogen (secondary N) is 1. The largest absolute Gasteiger partial charge is 0.488 e. The number of carbonyl (C=O) groups excluding carboxylic acids is 1. The molecule has 2 aromatic rings. The normalized spacial score (nSPS) is 11.8. The number of rotatable bonds is 9. The van der Waals surface area contributed by atoms with Gasteiger partial charge in [0.1, 0.15) is 0 Å². The van der Waals surface area contributed by atoms with Gasteiger partial charge in [0, 0.05) is 11.4 Å². The second-order valence-corrected chi connectivity index (χ2v) is 6.90. The molecule has 0 bridgehead atoms. The first-order valence-electron chi connectivity index (χ1n) is 8.22. The van der Waals surface area contributed by atoms with Crippen LogP contribution in [0, 0.1) is 0 Å². The van der Waals surface area contributed by atoms with E-state index in [9.17, 15) is 4.79 Å². The maximum atomic E-state index is 12.0. The molecule has 0 unspecified atom stereocenters. The lowest BCUT2D eigenvalue weighted by Gasteiger charge is -2.12. The highest BCUT2D eigenvalue weighted by atomic mass is 32.2. The summed E-state index contributed by atoms with van der Waals surface area (Å²) in [5, 5.41) is 21.0. The predicted molar refractivity (Wildman–Crippen MR) is 103 cm³/mol. The minimum atomic E-state index is -1.49. The summed E-state index contributed by atoms with van der Waals surface area (Å²) in [6.45, 7) is 0.599. The number of thioether (sulfide) groups is 1. The lowest BCUT2D eigenvalue weighted by molar-refractivity contribution is -0.122. The molecule has 0 spiro atoms. The molecule has 0 radical (unpaired) electrons. The van der Waals surface area contributed by atoms with Crippen molar-refractivity contribution >= 4 is 30.3 Å². The smallest absolute Gasteiger partial charge is 0.423 e. The van der Waals surface area contributed by atoms with E-state index < -0.39 is 13.2 Å². The zero-order valence-electron chi connectivity index (χ0n) is 14.0. The SMILES string of the molecule is N[C@@H](Cc1ccc(B(O)O)cc1)C(=O)NCCCSc1ccccc1. The standard InChI is InChI=1S/C18H23BN2O3S/c20-17(13-14-7-9-15(10-8-14)19(23)24)18(22)21-11-4-12-25-16-5-2-1-3-6-16/h1-3,5-10,17,23-24H,4,11-13,20H2,(H,21,22)/t17-/m0/s1. The fourth-order valence-electron chi connectivity index (χ4n) is 2.29. The summed E-state index contributed by atoms with van der Waals surface area (Å²) in [6.07, 6.45) is 1.29. The van der Waals surface area contributed by atoms with Crippen molar-refractivity contribution < 1.29 is 14.8 Å². The van der Waals surface area contributed by atoms with Crippen LogP contribution in [0.1, 0.15) is 12.0 Å². The van der Waals surface area contributed by atoms with Crippen LogP contribution < -0.4 is 16.5 Å². The molecule has 0 aliphatic carbocycles. The average Bonchev–Trinajstić information content (AvgIpc) is 2.62. The van der Waals surface area contributed by atoms with Crippen LogP contribution in [-0.4, -0.2) is 41.4 Å². The van der Waals surface area contributed by atoms with Gasteiger partial charge in [0.15, 0.2) is 0 Å². The lowest BCUT2D eigenvalue weighted by atomic mass is 9.80. The lowest BCUT2D eigenvalue weighted by Crippen LogP contribution is -2.42. The van der Waals surface area contributed by atoms with Gasteiger partial charge in [-0.15, -0.1) is 11.8 Å². The minimum absolute atomic E-state index is 0.170. The van der Waals surface area contributed by atoms with E-state index in [1.165, 1.54) is 4.90 Å². The highest BCUT2D eigenvalue weighted by Crippen LogP contribution is 2.17. The monoisotopic (exact) mass is 358 g/mol. The molecule has 132 valence electrons. The molecular formula is C18H23BN2O3S. The maximum absolute atomic E-state index is 12.0. The van der Waals surface area contributed by atoms with Crippen molar-refractivity contribution in [3.05, 3.63) is 60.2 Å². The summed E-state index contributed by atoms with van der Waals surface area (Å²) in [5.41, 5.74) is 7.23. The number of benzene rings is 2. The first-order valence-corrected chi connectivity index (χ1v) is 9.21. The van der Waals surface area contributed by atoms with Crippen molar-refractivity contribution in [2.24, 2.45) is 5.73 Å². The Morgan fingerprint density at radius 3 is 2.44 bits per heavy atom. The molecule has 25 heavy (non-hydrogen) atoms. The Kier molecular flexibility index (Phi) is 8.01. The fourth-order valence-corrected chi connectivity index (χ4v) is 3.17. The molecule has 0 aliphatic heterocycles. The number of carbonyl (C=O) groups is 1. The Balaban J connectivity index is 1.66. The van der Waals surface area contributed by atoms with Gasteiger partial charge < -0.3 is 21.1 Å². The van der Waals surface area contributed by atoms with Gasteiger partial charge >= 0.3 is 7.12 Å². The zero-order chi connectivity index (χ0) is 18.1. The molecule has 5 nitrogen and oxygen atoms in total. The molecule has 1 atom stereocenters. The van der Waals surface area contributed by atoms with E-state index >= 15 is 0 Å². The van der Waals surface area contributed by atoms with E-state index in [0.29, 0.717) is 18.4 Å². The van der Waals surface area contributed by atoms with Crippen LogP contribution >= 0.6 is 11.8 Å². The molecule has 1 amide bonds. The molecule has 0 aliphatic rings. The topological polar surface area (TPSA) is 95.6 Å². The molecule has 2 aromatic carbocycles. The van der Waals surface area contributed by atoms with Crippen molar-refractivity contribution in [1.29, 1.82) is 0 Å². The third-order valence-electron chi connectivity index (χ3n) is 3.70. The highest BCUT2D eigenvalue weighted by molar-refractivity contribution is 7.99. The van der Waals surface area contributed by atoms with Crippen LogP contribution in [0.3, 0.4) is 0 Å². The van der Waals surface area contributed by atoms with Gasteiger partial charge in [-0.2, -0.15) is 0 Å². The summed E-state index contributed by atoms with van der Waals surface area (Å²) >= 11 is 1.76. The van der Waals surface area contributed by atoms with Crippen molar-refractivity contribution in [3.8, 4) is 0 Å². The molecule has 5 N–H and O–H groups in total. The summed E-state index contributed by atoms with van der Waals surface area (Å²) in [4.78, 5) is 13.3. The molecule has 0 saturated carbocycles. The Bertz CT molecular complexity index is 653. The first kappa shape index (κ1) is 19.5. The minimum Gasteiger partial charge on any atom is -0.423 e. The quantitative estimate of drug-likeness (QED) is 0.298. The van der Waals surface area contributed by atoms with Crippen LogP contribution in [0.25, 0.3) is 0 Å². The van der Waals surface area contributed by atoms with E-state index in [-0.39, 0.29) is 5.91 Å². The van der Waals surface area contributed by atoms with E-state index in [4.69, 9.17) is 15.8 Å². The second kappa shape index (κ2) is 10.3. The summed E-state index contributed by atoms with van der Waals surface area (Å²) in [6, 6.07) is 16.3.